The number of carbonyl (C=O) groups excluding carboxylic acids is 2. The van der Waals surface area contributed by atoms with Gasteiger partial charge in [-0.3, -0.25) is 9.59 Å². The monoisotopic (exact) mass is 325 g/mol. The fraction of sp³-hybridized carbons (Fsp3) is 0.500. The fourth-order valence-electron chi connectivity index (χ4n) is 2.75. The molecule has 0 saturated heterocycles. The van der Waals surface area contributed by atoms with E-state index in [9.17, 15) is 9.59 Å². The van der Waals surface area contributed by atoms with Gasteiger partial charge in [-0.05, 0) is 36.5 Å². The Kier molecular flexibility index (Phi) is 7.35. The van der Waals surface area contributed by atoms with Crippen molar-refractivity contribution in [2.24, 2.45) is 11.7 Å². The average Bonchev–Trinajstić information content (AvgIpc) is 2.90. The van der Waals surface area contributed by atoms with Gasteiger partial charge in [-0.2, -0.15) is 0 Å². The number of nitrogens with one attached hydrogen (secondary N) is 2. The van der Waals surface area contributed by atoms with Gasteiger partial charge in [0.15, 0.2) is 0 Å². The largest absolute Gasteiger partial charge is 0.355 e. The number of hydrogen-bond donors (Lipinski definition) is 3. The molecule has 0 unspecified atom stereocenters. The van der Waals surface area contributed by atoms with Gasteiger partial charge in [0.1, 0.15) is 0 Å². The first-order chi connectivity index (χ1) is 10.1. The highest BCUT2D eigenvalue weighted by atomic mass is 35.5. The minimum atomic E-state index is -0.110. The molecule has 22 heavy (non-hydrogen) atoms. The van der Waals surface area contributed by atoms with Crippen LogP contribution in [-0.2, 0) is 11.3 Å². The molecule has 0 heterocycles. The predicted molar refractivity (Wildman–Crippen MR) is 88.9 cm³/mol. The Balaban J connectivity index is 0.00000242. The second kappa shape index (κ2) is 8.76. The van der Waals surface area contributed by atoms with E-state index in [-0.39, 0.29) is 30.3 Å². The van der Waals surface area contributed by atoms with Crippen molar-refractivity contribution in [3.05, 3.63) is 35.4 Å². The highest BCUT2D eigenvalue weighted by Gasteiger charge is 2.25. The zero-order valence-corrected chi connectivity index (χ0v) is 13.6. The molecule has 1 saturated carbocycles. The number of halogens is 1. The highest BCUT2D eigenvalue weighted by Crippen LogP contribution is 2.26. The molecule has 6 heteroatoms. The molecule has 0 aromatic heterocycles. The molecule has 0 radical (unpaired) electrons. The maximum Gasteiger partial charge on any atom is 0.251 e. The molecule has 1 fully saturated rings. The van der Waals surface area contributed by atoms with Crippen LogP contribution in [-0.4, -0.2) is 24.9 Å². The molecule has 1 aromatic carbocycles. The summed E-state index contributed by atoms with van der Waals surface area (Å²) < 4.78 is 0. The van der Waals surface area contributed by atoms with Crippen molar-refractivity contribution in [2.45, 2.75) is 38.3 Å². The van der Waals surface area contributed by atoms with Gasteiger partial charge in [-0.1, -0.05) is 18.6 Å². The van der Waals surface area contributed by atoms with Gasteiger partial charge in [0.25, 0.3) is 5.91 Å². The van der Waals surface area contributed by atoms with Crippen molar-refractivity contribution in [2.75, 3.05) is 7.05 Å². The molecule has 2 atom stereocenters. The second-order valence-electron chi connectivity index (χ2n) is 5.61. The minimum Gasteiger partial charge on any atom is -0.355 e. The van der Waals surface area contributed by atoms with Gasteiger partial charge in [0, 0.05) is 31.6 Å². The molecule has 5 nitrogen and oxygen atoms in total. The Morgan fingerprint density at radius 1 is 1.23 bits per heavy atom. The standard InChI is InChI=1S/C16H23N3O2.ClH/c1-18-16(21)12-7-5-11(6-8-12)10-19-15(20)9-13-3-2-4-14(13)17;/h5-8,13-14H,2-4,9-10,17H2,1H3,(H,18,21)(H,19,20);1H/t13-,14+;/m0./s1. The first-order valence-electron chi connectivity index (χ1n) is 7.43. The van der Waals surface area contributed by atoms with E-state index in [4.69, 9.17) is 5.73 Å². The Hall–Kier alpha value is -1.59. The van der Waals surface area contributed by atoms with Crippen molar-refractivity contribution < 1.29 is 9.59 Å². The lowest BCUT2D eigenvalue weighted by molar-refractivity contribution is -0.122. The van der Waals surface area contributed by atoms with Gasteiger partial charge in [-0.15, -0.1) is 12.4 Å². The summed E-state index contributed by atoms with van der Waals surface area (Å²) >= 11 is 0. The van der Waals surface area contributed by atoms with Crippen molar-refractivity contribution in [1.29, 1.82) is 0 Å². The molecule has 4 N–H and O–H groups in total. The number of hydrogen-bond acceptors (Lipinski definition) is 3. The number of nitrogens with two attached hydrogens (primary N) is 1. The second-order valence-corrected chi connectivity index (χ2v) is 5.61. The normalized spacial score (nSPS) is 20.1. The van der Waals surface area contributed by atoms with E-state index in [0.717, 1.165) is 24.8 Å². The third kappa shape index (κ3) is 5.00. The minimum absolute atomic E-state index is 0. The molecule has 0 aliphatic heterocycles. The molecular weight excluding hydrogens is 302 g/mol. The topological polar surface area (TPSA) is 84.2 Å². The Morgan fingerprint density at radius 2 is 1.91 bits per heavy atom. The summed E-state index contributed by atoms with van der Waals surface area (Å²) in [5, 5.41) is 5.49. The zero-order valence-electron chi connectivity index (χ0n) is 12.8. The molecule has 0 bridgehead atoms. The predicted octanol–water partition coefficient (Wildman–Crippen LogP) is 1.60. The van der Waals surface area contributed by atoms with Gasteiger partial charge in [-0.25, -0.2) is 0 Å². The van der Waals surface area contributed by atoms with Crippen LogP contribution in [0.1, 0.15) is 41.6 Å². The number of benzene rings is 1. The summed E-state index contributed by atoms with van der Waals surface area (Å²) in [7, 11) is 1.60. The van der Waals surface area contributed by atoms with Gasteiger partial charge in [0.05, 0.1) is 0 Å². The Labute approximate surface area is 137 Å². The van der Waals surface area contributed by atoms with Crippen LogP contribution >= 0.6 is 12.4 Å². The summed E-state index contributed by atoms with van der Waals surface area (Å²) in [6, 6.07) is 7.39. The summed E-state index contributed by atoms with van der Waals surface area (Å²) in [4.78, 5) is 23.3. The van der Waals surface area contributed by atoms with E-state index in [2.05, 4.69) is 10.6 Å². The first kappa shape index (κ1) is 18.5. The van der Waals surface area contributed by atoms with E-state index in [0.29, 0.717) is 24.4 Å². The summed E-state index contributed by atoms with van der Waals surface area (Å²) in [6.45, 7) is 0.481. The van der Waals surface area contributed by atoms with E-state index in [1.807, 2.05) is 12.1 Å². The molecule has 1 aliphatic rings. The lowest BCUT2D eigenvalue weighted by Gasteiger charge is -2.14. The molecule has 2 amide bonds. The van der Waals surface area contributed by atoms with E-state index >= 15 is 0 Å². The van der Waals surface area contributed by atoms with Gasteiger partial charge >= 0.3 is 0 Å². The first-order valence-corrected chi connectivity index (χ1v) is 7.43. The van der Waals surface area contributed by atoms with Gasteiger partial charge in [0.2, 0.25) is 5.91 Å². The molecule has 122 valence electrons. The van der Waals surface area contributed by atoms with E-state index in [1.54, 1.807) is 19.2 Å². The maximum atomic E-state index is 11.9. The van der Waals surface area contributed by atoms with Crippen molar-refractivity contribution in [3.8, 4) is 0 Å². The molecule has 1 aliphatic carbocycles. The van der Waals surface area contributed by atoms with Crippen LogP contribution in [0, 0.1) is 5.92 Å². The fourth-order valence-corrected chi connectivity index (χ4v) is 2.75. The Morgan fingerprint density at radius 3 is 2.45 bits per heavy atom. The van der Waals surface area contributed by atoms with Crippen molar-refractivity contribution in [3.63, 3.8) is 0 Å². The highest BCUT2D eigenvalue weighted by molar-refractivity contribution is 5.93. The molecular formula is C16H24ClN3O2. The van der Waals surface area contributed by atoms with Crippen LogP contribution in [0.15, 0.2) is 24.3 Å². The summed E-state index contributed by atoms with van der Waals surface area (Å²) in [5.41, 5.74) is 7.57. The average molecular weight is 326 g/mol. The third-order valence-electron chi connectivity index (χ3n) is 4.10. The number of amides is 2. The molecule has 0 spiro atoms. The Bertz CT molecular complexity index is 505. The summed E-state index contributed by atoms with van der Waals surface area (Å²) in [5.74, 6) is 0.258. The van der Waals surface area contributed by atoms with Crippen LogP contribution in [0.3, 0.4) is 0 Å². The smallest absolute Gasteiger partial charge is 0.251 e. The maximum absolute atomic E-state index is 11.9. The molecule has 2 rings (SSSR count). The third-order valence-corrected chi connectivity index (χ3v) is 4.10. The zero-order chi connectivity index (χ0) is 15.2. The lowest BCUT2D eigenvalue weighted by Crippen LogP contribution is -2.31. The molecule has 1 aromatic rings. The van der Waals surface area contributed by atoms with E-state index in [1.165, 1.54) is 0 Å². The van der Waals surface area contributed by atoms with Gasteiger partial charge < -0.3 is 16.4 Å². The van der Waals surface area contributed by atoms with Crippen molar-refractivity contribution >= 4 is 24.2 Å². The van der Waals surface area contributed by atoms with Crippen LogP contribution in [0.4, 0.5) is 0 Å². The SMILES string of the molecule is CNC(=O)c1ccc(CNC(=O)C[C@@H]2CCC[C@H]2N)cc1.Cl. The van der Waals surface area contributed by atoms with Crippen LogP contribution in [0.2, 0.25) is 0 Å². The lowest BCUT2D eigenvalue weighted by atomic mass is 10.00. The number of rotatable bonds is 5. The van der Waals surface area contributed by atoms with E-state index < -0.39 is 0 Å². The van der Waals surface area contributed by atoms with Crippen LogP contribution in [0.5, 0.6) is 0 Å². The van der Waals surface area contributed by atoms with Crippen molar-refractivity contribution in [1.82, 2.24) is 10.6 Å². The summed E-state index contributed by atoms with van der Waals surface area (Å²) in [6.07, 6.45) is 3.71. The van der Waals surface area contributed by atoms with Crippen LogP contribution in [0.25, 0.3) is 0 Å². The van der Waals surface area contributed by atoms with Crippen LogP contribution < -0.4 is 16.4 Å². The number of carbonyl (C=O) groups is 2. The quantitative estimate of drug-likeness (QED) is 0.769.